The summed E-state index contributed by atoms with van der Waals surface area (Å²) in [4.78, 5) is 18.2. The molecule has 2 N–H and O–H groups in total. The van der Waals surface area contributed by atoms with Gasteiger partial charge in [-0.1, -0.05) is 0 Å². The van der Waals surface area contributed by atoms with Crippen molar-refractivity contribution < 1.29 is 18.1 Å². The first-order valence-electron chi connectivity index (χ1n) is 6.56. The molecule has 0 atom stereocenters. The Labute approximate surface area is 134 Å². The summed E-state index contributed by atoms with van der Waals surface area (Å²) >= 11 is 0. The van der Waals surface area contributed by atoms with Crippen LogP contribution in [0.15, 0.2) is 30.6 Å². The third-order valence-corrected chi connectivity index (χ3v) is 2.81. The lowest BCUT2D eigenvalue weighted by Gasteiger charge is -2.14. The van der Waals surface area contributed by atoms with Crippen LogP contribution in [0.3, 0.4) is 0 Å². The van der Waals surface area contributed by atoms with Crippen molar-refractivity contribution in [3.8, 4) is 0 Å². The van der Waals surface area contributed by atoms with Gasteiger partial charge in [0.1, 0.15) is 6.33 Å². The van der Waals surface area contributed by atoms with Crippen molar-refractivity contribution in [1.29, 1.82) is 0 Å². The van der Waals surface area contributed by atoms with Gasteiger partial charge in [-0.3, -0.25) is 15.5 Å². The van der Waals surface area contributed by atoms with Gasteiger partial charge in [0, 0.05) is 19.8 Å². The van der Waals surface area contributed by atoms with E-state index in [1.54, 1.807) is 14.1 Å². The second-order valence-corrected chi connectivity index (χ2v) is 4.88. The van der Waals surface area contributed by atoms with Crippen LogP contribution in [0.25, 0.3) is 0 Å². The SMILES string of the molecule is CN(C)Nc1ncnc(Nc2ccc(C(F)(F)F)cc2)c1[N+](=O)[O-]. The van der Waals surface area contributed by atoms with Gasteiger partial charge in [0.2, 0.25) is 11.6 Å². The summed E-state index contributed by atoms with van der Waals surface area (Å²) in [5, 5.41) is 15.4. The van der Waals surface area contributed by atoms with Crippen LogP contribution in [0.1, 0.15) is 5.56 Å². The van der Waals surface area contributed by atoms with Gasteiger partial charge < -0.3 is 5.32 Å². The van der Waals surface area contributed by atoms with Gasteiger partial charge in [0.05, 0.1) is 10.5 Å². The zero-order valence-electron chi connectivity index (χ0n) is 12.6. The zero-order chi connectivity index (χ0) is 17.9. The Bertz CT molecular complexity index is 733. The van der Waals surface area contributed by atoms with Crippen LogP contribution < -0.4 is 10.7 Å². The first-order chi connectivity index (χ1) is 11.2. The van der Waals surface area contributed by atoms with E-state index >= 15 is 0 Å². The predicted molar refractivity (Wildman–Crippen MR) is 80.7 cm³/mol. The minimum atomic E-state index is -4.46. The Hall–Kier alpha value is -2.95. The minimum absolute atomic E-state index is 0.0468. The van der Waals surface area contributed by atoms with Gasteiger partial charge in [-0.2, -0.15) is 13.2 Å². The molecule has 128 valence electrons. The summed E-state index contributed by atoms with van der Waals surface area (Å²) in [5.74, 6) is -0.187. The number of hydrogen-bond donors (Lipinski definition) is 2. The fourth-order valence-electron chi connectivity index (χ4n) is 1.82. The molecule has 0 unspecified atom stereocenters. The number of halogens is 3. The molecule has 1 aromatic carbocycles. The fourth-order valence-corrected chi connectivity index (χ4v) is 1.82. The van der Waals surface area contributed by atoms with E-state index in [0.29, 0.717) is 0 Å². The summed E-state index contributed by atoms with van der Waals surface area (Å²) in [6, 6.07) is 4.06. The second kappa shape index (κ2) is 6.66. The Kier molecular flexibility index (Phi) is 4.83. The number of aromatic nitrogens is 2. The van der Waals surface area contributed by atoms with Crippen LogP contribution in [-0.4, -0.2) is 34.0 Å². The summed E-state index contributed by atoms with van der Waals surface area (Å²) in [7, 11) is 3.24. The Morgan fingerprint density at radius 1 is 1.12 bits per heavy atom. The molecule has 11 heteroatoms. The lowest BCUT2D eigenvalue weighted by atomic mass is 10.2. The molecule has 8 nitrogen and oxygen atoms in total. The lowest BCUT2D eigenvalue weighted by Crippen LogP contribution is -2.21. The average molecular weight is 342 g/mol. The molecule has 1 heterocycles. The highest BCUT2D eigenvalue weighted by molar-refractivity contribution is 5.73. The van der Waals surface area contributed by atoms with E-state index < -0.39 is 22.4 Å². The molecule has 0 saturated carbocycles. The van der Waals surface area contributed by atoms with Gasteiger partial charge in [-0.15, -0.1) is 0 Å². The van der Waals surface area contributed by atoms with E-state index in [1.807, 2.05) is 0 Å². The van der Waals surface area contributed by atoms with E-state index in [1.165, 1.54) is 5.01 Å². The molecule has 2 rings (SSSR count). The second-order valence-electron chi connectivity index (χ2n) is 4.88. The molecule has 0 amide bonds. The Morgan fingerprint density at radius 3 is 2.21 bits per heavy atom. The molecule has 1 aromatic heterocycles. The Balaban J connectivity index is 2.34. The fraction of sp³-hybridized carbons (Fsp3) is 0.231. The maximum Gasteiger partial charge on any atom is 0.416 e. The van der Waals surface area contributed by atoms with Gasteiger partial charge in [-0.05, 0) is 24.3 Å². The molecule has 2 aromatic rings. The first-order valence-corrected chi connectivity index (χ1v) is 6.56. The normalized spacial score (nSPS) is 11.4. The van der Waals surface area contributed by atoms with E-state index in [2.05, 4.69) is 20.7 Å². The number of anilines is 3. The van der Waals surface area contributed by atoms with Crippen LogP contribution >= 0.6 is 0 Å². The molecule has 0 aliphatic carbocycles. The number of nitrogens with zero attached hydrogens (tertiary/aromatic N) is 4. The Morgan fingerprint density at radius 2 is 1.71 bits per heavy atom. The van der Waals surface area contributed by atoms with Gasteiger partial charge in [0.15, 0.2) is 0 Å². The number of rotatable bonds is 5. The number of alkyl halides is 3. The van der Waals surface area contributed by atoms with E-state index in [9.17, 15) is 23.3 Å². The van der Waals surface area contributed by atoms with Crippen molar-refractivity contribution in [2.75, 3.05) is 24.8 Å². The summed E-state index contributed by atoms with van der Waals surface area (Å²) < 4.78 is 37.6. The monoisotopic (exact) mass is 342 g/mol. The van der Waals surface area contributed by atoms with Crippen LogP contribution in [0, 0.1) is 10.1 Å². The van der Waals surface area contributed by atoms with Crippen molar-refractivity contribution in [1.82, 2.24) is 15.0 Å². The highest BCUT2D eigenvalue weighted by atomic mass is 19.4. The molecule has 0 bridgehead atoms. The molecule has 0 saturated heterocycles. The number of hydrazine groups is 1. The van der Waals surface area contributed by atoms with Crippen molar-refractivity contribution in [2.24, 2.45) is 0 Å². The molecule has 0 aliphatic rings. The molecule has 24 heavy (non-hydrogen) atoms. The molecular weight excluding hydrogens is 329 g/mol. The smallest absolute Gasteiger partial charge is 0.334 e. The molecule has 0 spiro atoms. The number of nitro groups is 1. The summed E-state index contributed by atoms with van der Waals surface area (Å²) in [6.07, 6.45) is -3.35. The third kappa shape index (κ3) is 4.07. The van der Waals surface area contributed by atoms with Crippen LogP contribution in [0.5, 0.6) is 0 Å². The predicted octanol–water partition coefficient (Wildman–Crippen LogP) is 3.04. The molecule has 0 radical (unpaired) electrons. The third-order valence-electron chi connectivity index (χ3n) is 2.81. The quantitative estimate of drug-likeness (QED) is 0.637. The largest absolute Gasteiger partial charge is 0.416 e. The van der Waals surface area contributed by atoms with Crippen LogP contribution in [-0.2, 0) is 6.18 Å². The van der Waals surface area contributed by atoms with Gasteiger partial charge in [-0.25, -0.2) is 15.0 Å². The number of hydrogen-bond acceptors (Lipinski definition) is 7. The van der Waals surface area contributed by atoms with E-state index in [0.717, 1.165) is 30.6 Å². The maximum absolute atomic E-state index is 12.5. The number of benzene rings is 1. The lowest BCUT2D eigenvalue weighted by molar-refractivity contribution is -0.383. The highest BCUT2D eigenvalue weighted by Crippen LogP contribution is 2.33. The van der Waals surface area contributed by atoms with Crippen molar-refractivity contribution in [3.05, 3.63) is 46.3 Å². The zero-order valence-corrected chi connectivity index (χ0v) is 12.6. The van der Waals surface area contributed by atoms with Crippen LogP contribution in [0.4, 0.5) is 36.2 Å². The summed E-state index contributed by atoms with van der Waals surface area (Å²) in [6.45, 7) is 0. The van der Waals surface area contributed by atoms with Crippen LogP contribution in [0.2, 0.25) is 0 Å². The van der Waals surface area contributed by atoms with E-state index in [4.69, 9.17) is 0 Å². The first kappa shape index (κ1) is 17.4. The van der Waals surface area contributed by atoms with Gasteiger partial charge >= 0.3 is 11.9 Å². The minimum Gasteiger partial charge on any atom is -0.334 e. The van der Waals surface area contributed by atoms with Crippen molar-refractivity contribution in [3.63, 3.8) is 0 Å². The van der Waals surface area contributed by atoms with E-state index in [-0.39, 0.29) is 17.3 Å². The maximum atomic E-state index is 12.5. The highest BCUT2D eigenvalue weighted by Gasteiger charge is 2.30. The molecule has 0 fully saturated rings. The standard InChI is InChI=1S/C13H13F3N6O2/c1-21(2)20-12-10(22(23)24)11(17-7-18-12)19-9-5-3-8(4-6-9)13(14,15)16/h3-7H,1-2H3,(H2,17,18,19,20). The number of nitrogens with one attached hydrogen (secondary N) is 2. The average Bonchev–Trinajstić information content (AvgIpc) is 2.46. The topological polar surface area (TPSA) is 96.2 Å². The van der Waals surface area contributed by atoms with Gasteiger partial charge in [0.25, 0.3) is 0 Å². The summed E-state index contributed by atoms with van der Waals surface area (Å²) in [5.41, 5.74) is 1.64. The molecular formula is C13H13F3N6O2. The molecule has 0 aliphatic heterocycles. The van der Waals surface area contributed by atoms with Crippen molar-refractivity contribution in [2.45, 2.75) is 6.18 Å². The van der Waals surface area contributed by atoms with Crippen molar-refractivity contribution >= 4 is 23.0 Å².